The van der Waals surface area contributed by atoms with E-state index in [0.29, 0.717) is 0 Å². The zero-order valence-corrected chi connectivity index (χ0v) is 12.5. The van der Waals surface area contributed by atoms with Crippen molar-refractivity contribution in [3.63, 3.8) is 0 Å². The Kier molecular flexibility index (Phi) is 4.01. The normalized spacial score (nSPS) is 45.2. The molecular weight excluding hydrogens is 216 g/mol. The van der Waals surface area contributed by atoms with E-state index in [2.05, 4.69) is 13.8 Å². The van der Waals surface area contributed by atoms with Crippen LogP contribution in [0.2, 0.25) is 0 Å². The van der Waals surface area contributed by atoms with Crippen molar-refractivity contribution >= 4 is 0 Å². The van der Waals surface area contributed by atoms with Crippen molar-refractivity contribution in [1.82, 2.24) is 0 Å². The van der Waals surface area contributed by atoms with Crippen molar-refractivity contribution in [3.05, 3.63) is 0 Å². The highest BCUT2D eigenvalue weighted by Gasteiger charge is 2.43. The minimum atomic E-state index is 0.930. The van der Waals surface area contributed by atoms with E-state index in [0.717, 1.165) is 35.5 Å². The van der Waals surface area contributed by atoms with Gasteiger partial charge in [-0.1, -0.05) is 52.4 Å². The number of fused-ring (bicyclic) bond motifs is 2. The molecule has 3 aliphatic rings. The monoisotopic (exact) mass is 248 g/mol. The average Bonchev–Trinajstić information content (AvgIpc) is 2.55. The summed E-state index contributed by atoms with van der Waals surface area (Å²) in [6.45, 7) is 5.04. The lowest BCUT2D eigenvalue weighted by molar-refractivity contribution is 0.0581. The molecule has 0 N–H and O–H groups in total. The first-order chi connectivity index (χ1) is 8.77. The highest BCUT2D eigenvalue weighted by molar-refractivity contribution is 4.93. The van der Waals surface area contributed by atoms with Gasteiger partial charge in [-0.2, -0.15) is 0 Å². The Morgan fingerprint density at radius 3 is 1.50 bits per heavy atom. The van der Waals surface area contributed by atoms with E-state index in [1.54, 1.807) is 38.5 Å². The molecule has 0 amide bonds. The van der Waals surface area contributed by atoms with Gasteiger partial charge in [0, 0.05) is 0 Å². The predicted octanol–water partition coefficient (Wildman–Crippen LogP) is 5.67. The van der Waals surface area contributed by atoms with Crippen molar-refractivity contribution in [2.45, 2.75) is 78.1 Å². The van der Waals surface area contributed by atoms with Gasteiger partial charge < -0.3 is 0 Å². The first-order valence-electron chi connectivity index (χ1n) is 8.77. The topological polar surface area (TPSA) is 0 Å². The van der Waals surface area contributed by atoms with Gasteiger partial charge in [0.15, 0.2) is 0 Å². The number of hydrogen-bond donors (Lipinski definition) is 0. The molecule has 0 radical (unpaired) electrons. The third-order valence-corrected chi connectivity index (χ3v) is 6.60. The predicted molar refractivity (Wildman–Crippen MR) is 78.5 cm³/mol. The van der Waals surface area contributed by atoms with Gasteiger partial charge >= 0.3 is 0 Å². The highest BCUT2D eigenvalue weighted by Crippen LogP contribution is 2.52. The molecule has 0 saturated heterocycles. The van der Waals surface area contributed by atoms with Crippen molar-refractivity contribution in [3.8, 4) is 0 Å². The summed E-state index contributed by atoms with van der Waals surface area (Å²) in [7, 11) is 0. The number of hydrogen-bond acceptors (Lipinski definition) is 0. The molecular formula is C18H32. The maximum atomic E-state index is 2.52. The lowest BCUT2D eigenvalue weighted by Crippen LogP contribution is -2.36. The molecule has 0 spiro atoms. The van der Waals surface area contributed by atoms with E-state index in [1.165, 1.54) is 25.7 Å². The van der Waals surface area contributed by atoms with Gasteiger partial charge in [-0.25, -0.2) is 0 Å². The smallest absolute Gasteiger partial charge is 0.0329 e. The van der Waals surface area contributed by atoms with Crippen LogP contribution in [0.3, 0.4) is 0 Å². The van der Waals surface area contributed by atoms with Gasteiger partial charge in [0.1, 0.15) is 0 Å². The van der Waals surface area contributed by atoms with Crippen LogP contribution in [0.25, 0.3) is 0 Å². The fourth-order valence-electron chi connectivity index (χ4n) is 5.94. The third kappa shape index (κ3) is 2.37. The van der Waals surface area contributed by atoms with E-state index in [9.17, 15) is 0 Å². The third-order valence-electron chi connectivity index (χ3n) is 6.60. The molecule has 0 aliphatic heterocycles. The molecule has 0 heterocycles. The summed E-state index contributed by atoms with van der Waals surface area (Å²) < 4.78 is 0. The van der Waals surface area contributed by atoms with Crippen molar-refractivity contribution in [1.29, 1.82) is 0 Å². The molecule has 104 valence electrons. The van der Waals surface area contributed by atoms with E-state index < -0.39 is 0 Å². The Balaban J connectivity index is 1.85. The zero-order chi connectivity index (χ0) is 12.5. The summed E-state index contributed by atoms with van der Waals surface area (Å²) >= 11 is 0. The molecule has 0 bridgehead atoms. The average molecular weight is 248 g/mol. The second-order valence-electron chi connectivity index (χ2n) is 7.82. The Bertz CT molecular complexity index is 243. The van der Waals surface area contributed by atoms with Gasteiger partial charge in [-0.05, 0) is 61.2 Å². The van der Waals surface area contributed by atoms with Crippen LogP contribution in [0.5, 0.6) is 0 Å². The fourth-order valence-corrected chi connectivity index (χ4v) is 5.94. The van der Waals surface area contributed by atoms with Gasteiger partial charge in [-0.15, -0.1) is 0 Å². The van der Waals surface area contributed by atoms with Crippen LogP contribution in [0.1, 0.15) is 78.1 Å². The highest BCUT2D eigenvalue weighted by atomic mass is 14.5. The van der Waals surface area contributed by atoms with Crippen LogP contribution in [0.15, 0.2) is 0 Å². The molecule has 0 heteroatoms. The van der Waals surface area contributed by atoms with Crippen LogP contribution < -0.4 is 0 Å². The molecule has 3 rings (SSSR count). The molecule has 0 aromatic carbocycles. The first-order valence-corrected chi connectivity index (χ1v) is 8.77. The lowest BCUT2D eigenvalue weighted by Gasteiger charge is -2.43. The van der Waals surface area contributed by atoms with Crippen LogP contribution in [-0.4, -0.2) is 0 Å². The van der Waals surface area contributed by atoms with Crippen molar-refractivity contribution < 1.29 is 0 Å². The maximum absolute atomic E-state index is 2.52. The van der Waals surface area contributed by atoms with Crippen LogP contribution in [0.4, 0.5) is 0 Å². The minimum Gasteiger partial charge on any atom is -0.0625 e. The Labute approximate surface area is 114 Å². The SMILES string of the molecule is CC(C)C1C2CCCCC2CCC2CCCCC21. The second kappa shape index (κ2) is 5.55. The van der Waals surface area contributed by atoms with Crippen molar-refractivity contribution in [2.24, 2.45) is 35.5 Å². The summed E-state index contributed by atoms with van der Waals surface area (Å²) in [4.78, 5) is 0. The molecule has 4 atom stereocenters. The van der Waals surface area contributed by atoms with Crippen LogP contribution in [-0.2, 0) is 0 Å². The van der Waals surface area contributed by atoms with E-state index >= 15 is 0 Å². The van der Waals surface area contributed by atoms with E-state index in [1.807, 2.05) is 0 Å². The first kappa shape index (κ1) is 13.0. The summed E-state index contributed by atoms with van der Waals surface area (Å²) in [5.74, 6) is 6.43. The summed E-state index contributed by atoms with van der Waals surface area (Å²) in [6, 6.07) is 0. The van der Waals surface area contributed by atoms with Gasteiger partial charge in [0.25, 0.3) is 0 Å². The summed E-state index contributed by atoms with van der Waals surface area (Å²) in [5, 5.41) is 0. The molecule has 0 aromatic rings. The lowest BCUT2D eigenvalue weighted by atomic mass is 9.62. The summed E-state index contributed by atoms with van der Waals surface area (Å²) in [5.41, 5.74) is 0. The largest absolute Gasteiger partial charge is 0.0625 e. The maximum Gasteiger partial charge on any atom is -0.0329 e. The Morgan fingerprint density at radius 1 is 0.611 bits per heavy atom. The molecule has 3 saturated carbocycles. The van der Waals surface area contributed by atoms with E-state index in [-0.39, 0.29) is 0 Å². The summed E-state index contributed by atoms with van der Waals surface area (Å²) in [6.07, 6.45) is 15.5. The number of rotatable bonds is 1. The Morgan fingerprint density at radius 2 is 1.06 bits per heavy atom. The van der Waals surface area contributed by atoms with Gasteiger partial charge in [0.2, 0.25) is 0 Å². The quantitative estimate of drug-likeness (QED) is 0.561. The molecule has 4 unspecified atom stereocenters. The minimum absolute atomic E-state index is 0.930. The molecule has 0 aromatic heterocycles. The fraction of sp³-hybridized carbons (Fsp3) is 1.00. The molecule has 3 fully saturated rings. The molecule has 18 heavy (non-hydrogen) atoms. The Hall–Kier alpha value is 0. The molecule has 0 nitrogen and oxygen atoms in total. The van der Waals surface area contributed by atoms with E-state index in [4.69, 9.17) is 0 Å². The van der Waals surface area contributed by atoms with Gasteiger partial charge in [0.05, 0.1) is 0 Å². The zero-order valence-electron chi connectivity index (χ0n) is 12.5. The van der Waals surface area contributed by atoms with Crippen LogP contribution >= 0.6 is 0 Å². The van der Waals surface area contributed by atoms with Crippen molar-refractivity contribution in [2.75, 3.05) is 0 Å². The standard InChI is InChI=1S/C18H32/c1-13(2)18-16-9-5-3-7-14(16)11-12-15-8-4-6-10-17(15)18/h13-18H,3-12H2,1-2H3. The molecule has 3 aliphatic carbocycles. The van der Waals surface area contributed by atoms with Gasteiger partial charge in [-0.3, -0.25) is 0 Å². The second-order valence-corrected chi connectivity index (χ2v) is 7.82. The van der Waals surface area contributed by atoms with Crippen LogP contribution in [0, 0.1) is 35.5 Å².